The third kappa shape index (κ3) is 3.85. The summed E-state index contributed by atoms with van der Waals surface area (Å²) in [5, 5.41) is 0. The molecule has 2 aromatic rings. The average molecular weight is 322 g/mol. The number of nitrogens with zero attached hydrogens (tertiary/aromatic N) is 1. The number of aryl methyl sites for hydroxylation is 1. The van der Waals surface area contributed by atoms with Gasteiger partial charge in [-0.2, -0.15) is 0 Å². The van der Waals surface area contributed by atoms with Gasteiger partial charge in [0.15, 0.2) is 0 Å². The molecule has 0 aliphatic carbocycles. The Morgan fingerprint density at radius 3 is 2.29 bits per heavy atom. The van der Waals surface area contributed by atoms with Gasteiger partial charge in [0.05, 0.1) is 0 Å². The van der Waals surface area contributed by atoms with E-state index >= 15 is 0 Å². The van der Waals surface area contributed by atoms with Crippen LogP contribution < -0.4 is 5.73 Å². The Labute approximate surface area is 144 Å². The summed E-state index contributed by atoms with van der Waals surface area (Å²) >= 11 is 0. The van der Waals surface area contributed by atoms with Gasteiger partial charge in [0.1, 0.15) is 0 Å². The van der Waals surface area contributed by atoms with Crippen LogP contribution in [-0.4, -0.2) is 29.9 Å². The average Bonchev–Trinajstić information content (AvgIpc) is 2.62. The number of benzene rings is 2. The number of carbonyl (C=O) groups excluding carboxylic acids is 1. The van der Waals surface area contributed by atoms with Crippen molar-refractivity contribution in [2.75, 3.05) is 13.1 Å². The molecule has 2 N–H and O–H groups in total. The lowest BCUT2D eigenvalue weighted by Crippen LogP contribution is -2.45. The predicted molar refractivity (Wildman–Crippen MR) is 99.0 cm³/mol. The number of amides is 1. The number of hydrogen-bond donors (Lipinski definition) is 1. The zero-order chi connectivity index (χ0) is 16.9. The predicted octanol–water partition coefficient (Wildman–Crippen LogP) is 3.87. The fourth-order valence-electron chi connectivity index (χ4n) is 3.33. The molecule has 0 aromatic heterocycles. The second-order valence-electron chi connectivity index (χ2n) is 6.68. The molecule has 1 aliphatic rings. The van der Waals surface area contributed by atoms with Crippen molar-refractivity contribution >= 4 is 5.91 Å². The molecule has 2 aromatic carbocycles. The van der Waals surface area contributed by atoms with Crippen LogP contribution in [0.2, 0.25) is 0 Å². The second-order valence-corrected chi connectivity index (χ2v) is 6.68. The van der Waals surface area contributed by atoms with Crippen LogP contribution in [0.4, 0.5) is 0 Å². The monoisotopic (exact) mass is 322 g/mol. The van der Waals surface area contributed by atoms with Crippen LogP contribution in [0.3, 0.4) is 0 Å². The number of rotatable bonds is 4. The van der Waals surface area contributed by atoms with Crippen molar-refractivity contribution in [3.63, 3.8) is 0 Å². The number of nitrogens with two attached hydrogens (primary N) is 1. The topological polar surface area (TPSA) is 46.3 Å². The highest BCUT2D eigenvalue weighted by Gasteiger charge is 2.22. The highest BCUT2D eigenvalue weighted by Crippen LogP contribution is 2.22. The van der Waals surface area contributed by atoms with Crippen LogP contribution in [0.5, 0.6) is 0 Å². The van der Waals surface area contributed by atoms with E-state index in [1.807, 2.05) is 29.2 Å². The lowest BCUT2D eigenvalue weighted by Gasteiger charge is -2.30. The van der Waals surface area contributed by atoms with E-state index in [-0.39, 0.29) is 11.9 Å². The van der Waals surface area contributed by atoms with E-state index in [4.69, 9.17) is 5.73 Å². The second kappa shape index (κ2) is 7.63. The van der Waals surface area contributed by atoms with Crippen LogP contribution in [0, 0.1) is 0 Å². The van der Waals surface area contributed by atoms with Crippen molar-refractivity contribution in [1.82, 2.24) is 4.90 Å². The van der Waals surface area contributed by atoms with Crippen LogP contribution in [-0.2, 0) is 6.42 Å². The summed E-state index contributed by atoms with van der Waals surface area (Å²) in [7, 11) is 0. The van der Waals surface area contributed by atoms with Gasteiger partial charge < -0.3 is 10.6 Å². The molecule has 0 spiro atoms. The van der Waals surface area contributed by atoms with E-state index in [0.29, 0.717) is 6.54 Å². The number of carbonyl (C=O) groups is 1. The van der Waals surface area contributed by atoms with E-state index in [9.17, 15) is 4.79 Å². The largest absolute Gasteiger partial charge is 0.337 e. The lowest BCUT2D eigenvalue weighted by atomic mass is 10.0. The van der Waals surface area contributed by atoms with E-state index in [0.717, 1.165) is 43.4 Å². The van der Waals surface area contributed by atoms with Crippen molar-refractivity contribution in [3.8, 4) is 11.1 Å². The molecule has 3 nitrogen and oxygen atoms in total. The zero-order valence-corrected chi connectivity index (χ0v) is 14.4. The molecule has 0 bridgehead atoms. The minimum absolute atomic E-state index is 0.0926. The molecular weight excluding hydrogens is 296 g/mol. The van der Waals surface area contributed by atoms with Gasteiger partial charge in [-0.05, 0) is 48.1 Å². The Morgan fingerprint density at radius 2 is 1.71 bits per heavy atom. The first kappa shape index (κ1) is 16.7. The van der Waals surface area contributed by atoms with Crippen molar-refractivity contribution in [2.24, 2.45) is 5.73 Å². The smallest absolute Gasteiger partial charge is 0.253 e. The maximum atomic E-state index is 12.6. The Bertz CT molecular complexity index is 676. The standard InChI is InChI=1S/C21H26N2O/c1-2-4-16-6-8-17(9-7-16)18-10-12-19(13-11-18)21(24)23-14-3-5-20(22)15-23/h6-13,20H,2-5,14-15,22H2,1H3/t20-/m1/s1. The van der Waals surface area contributed by atoms with Gasteiger partial charge in [-0.15, -0.1) is 0 Å². The third-order valence-corrected chi connectivity index (χ3v) is 4.70. The van der Waals surface area contributed by atoms with Crippen LogP contribution >= 0.6 is 0 Å². The molecule has 0 unspecified atom stereocenters. The van der Waals surface area contributed by atoms with Crippen LogP contribution in [0.1, 0.15) is 42.1 Å². The molecule has 1 fully saturated rings. The molecule has 1 atom stereocenters. The van der Waals surface area contributed by atoms with Gasteiger partial charge in [-0.3, -0.25) is 4.79 Å². The maximum absolute atomic E-state index is 12.6. The van der Waals surface area contributed by atoms with Crippen molar-refractivity contribution in [1.29, 1.82) is 0 Å². The summed E-state index contributed by atoms with van der Waals surface area (Å²) in [6, 6.07) is 16.7. The van der Waals surface area contributed by atoms with Crippen molar-refractivity contribution in [3.05, 3.63) is 59.7 Å². The minimum atomic E-state index is 0.0926. The van der Waals surface area contributed by atoms with E-state index in [2.05, 4.69) is 31.2 Å². The highest BCUT2D eigenvalue weighted by atomic mass is 16.2. The minimum Gasteiger partial charge on any atom is -0.337 e. The molecule has 0 saturated carbocycles. The molecule has 24 heavy (non-hydrogen) atoms. The lowest BCUT2D eigenvalue weighted by molar-refractivity contribution is 0.0709. The van der Waals surface area contributed by atoms with Gasteiger partial charge in [0, 0.05) is 24.7 Å². The summed E-state index contributed by atoms with van der Waals surface area (Å²) in [6.45, 7) is 3.67. The SMILES string of the molecule is CCCc1ccc(-c2ccc(C(=O)N3CCC[C@@H](N)C3)cc2)cc1. The number of likely N-dealkylation sites (tertiary alicyclic amines) is 1. The summed E-state index contributed by atoms with van der Waals surface area (Å²) in [5.41, 5.74) is 10.4. The van der Waals surface area contributed by atoms with Gasteiger partial charge in [-0.25, -0.2) is 0 Å². The Hall–Kier alpha value is -2.13. The fourth-order valence-corrected chi connectivity index (χ4v) is 3.33. The van der Waals surface area contributed by atoms with Crippen LogP contribution in [0.15, 0.2) is 48.5 Å². The van der Waals surface area contributed by atoms with Gasteiger partial charge in [0.2, 0.25) is 0 Å². The van der Waals surface area contributed by atoms with Crippen molar-refractivity contribution in [2.45, 2.75) is 38.6 Å². The quantitative estimate of drug-likeness (QED) is 0.929. The summed E-state index contributed by atoms with van der Waals surface area (Å²) in [4.78, 5) is 14.5. The molecule has 1 heterocycles. The summed E-state index contributed by atoms with van der Waals surface area (Å²) in [5.74, 6) is 0.0926. The first-order chi connectivity index (χ1) is 11.7. The Kier molecular flexibility index (Phi) is 5.31. The molecule has 1 aliphatic heterocycles. The summed E-state index contributed by atoms with van der Waals surface area (Å²) < 4.78 is 0. The normalized spacial score (nSPS) is 17.8. The first-order valence-corrected chi connectivity index (χ1v) is 8.91. The van der Waals surface area contributed by atoms with Crippen LogP contribution in [0.25, 0.3) is 11.1 Å². The Balaban J connectivity index is 1.71. The molecule has 1 amide bonds. The first-order valence-electron chi connectivity index (χ1n) is 8.91. The molecular formula is C21H26N2O. The molecule has 1 saturated heterocycles. The van der Waals surface area contributed by atoms with E-state index < -0.39 is 0 Å². The molecule has 3 heteroatoms. The number of hydrogen-bond acceptors (Lipinski definition) is 2. The molecule has 0 radical (unpaired) electrons. The van der Waals surface area contributed by atoms with Crippen molar-refractivity contribution < 1.29 is 4.79 Å². The van der Waals surface area contributed by atoms with Gasteiger partial charge >= 0.3 is 0 Å². The fraction of sp³-hybridized carbons (Fsp3) is 0.381. The third-order valence-electron chi connectivity index (χ3n) is 4.70. The van der Waals surface area contributed by atoms with E-state index in [1.165, 1.54) is 11.1 Å². The van der Waals surface area contributed by atoms with Gasteiger partial charge in [-0.1, -0.05) is 49.7 Å². The zero-order valence-electron chi connectivity index (χ0n) is 14.4. The summed E-state index contributed by atoms with van der Waals surface area (Å²) in [6.07, 6.45) is 4.29. The number of piperidine rings is 1. The highest BCUT2D eigenvalue weighted by molar-refractivity contribution is 5.94. The Morgan fingerprint density at radius 1 is 1.08 bits per heavy atom. The van der Waals surface area contributed by atoms with E-state index in [1.54, 1.807) is 0 Å². The molecule has 126 valence electrons. The molecule has 3 rings (SSSR count). The maximum Gasteiger partial charge on any atom is 0.253 e. The van der Waals surface area contributed by atoms with Gasteiger partial charge in [0.25, 0.3) is 5.91 Å².